The fraction of sp³-hybridized carbons (Fsp3) is 0.0588. The second-order valence-corrected chi connectivity index (χ2v) is 5.86. The Balaban J connectivity index is 1.66. The number of urea groups is 1. The van der Waals surface area contributed by atoms with Crippen LogP contribution < -0.4 is 10.6 Å². The highest BCUT2D eigenvalue weighted by Gasteiger charge is 2.07. The Morgan fingerprint density at radius 1 is 0.955 bits per heavy atom. The fourth-order valence-electron chi connectivity index (χ4n) is 2.03. The lowest BCUT2D eigenvalue weighted by atomic mass is 10.2. The number of aromatic nitrogens is 1. The number of amides is 2. The molecule has 0 saturated heterocycles. The van der Waals surface area contributed by atoms with Gasteiger partial charge in [0.1, 0.15) is 5.82 Å². The normalized spacial score (nSPS) is 10.2. The van der Waals surface area contributed by atoms with E-state index in [2.05, 4.69) is 15.6 Å². The molecule has 0 spiro atoms. The molecule has 5 heteroatoms. The summed E-state index contributed by atoms with van der Waals surface area (Å²) in [5.41, 5.74) is 2.00. The third kappa shape index (κ3) is 3.51. The van der Waals surface area contributed by atoms with Gasteiger partial charge in [0.05, 0.1) is 5.00 Å². The summed E-state index contributed by atoms with van der Waals surface area (Å²) < 4.78 is 0. The Kier molecular flexibility index (Phi) is 4.16. The molecule has 0 bridgehead atoms. The van der Waals surface area contributed by atoms with Crippen molar-refractivity contribution in [1.82, 2.24) is 4.98 Å². The number of carbonyl (C=O) groups excluding carboxylic acids is 1. The summed E-state index contributed by atoms with van der Waals surface area (Å²) in [7, 11) is 0. The lowest BCUT2D eigenvalue weighted by Crippen LogP contribution is -2.19. The van der Waals surface area contributed by atoms with E-state index in [4.69, 9.17) is 0 Å². The Morgan fingerprint density at radius 2 is 1.77 bits per heavy atom. The molecule has 0 unspecified atom stereocenters. The summed E-state index contributed by atoms with van der Waals surface area (Å²) >= 11 is 1.54. The van der Waals surface area contributed by atoms with Crippen molar-refractivity contribution in [1.29, 1.82) is 0 Å². The molecule has 110 valence electrons. The largest absolute Gasteiger partial charge is 0.325 e. The lowest BCUT2D eigenvalue weighted by molar-refractivity contribution is 0.262. The molecule has 2 heterocycles. The van der Waals surface area contributed by atoms with Crippen molar-refractivity contribution < 1.29 is 4.79 Å². The number of carbonyl (C=O) groups is 1. The average Bonchev–Trinajstić information content (AvgIpc) is 2.96. The van der Waals surface area contributed by atoms with Gasteiger partial charge in [-0.3, -0.25) is 10.6 Å². The summed E-state index contributed by atoms with van der Waals surface area (Å²) in [4.78, 5) is 17.3. The van der Waals surface area contributed by atoms with Gasteiger partial charge in [-0.1, -0.05) is 36.4 Å². The predicted octanol–water partition coefficient (Wildman–Crippen LogP) is 4.76. The highest BCUT2D eigenvalue weighted by molar-refractivity contribution is 7.19. The number of hydrogen-bond acceptors (Lipinski definition) is 3. The molecular formula is C17H15N3OS. The van der Waals surface area contributed by atoms with Crippen LogP contribution in [0.2, 0.25) is 0 Å². The zero-order valence-corrected chi connectivity index (χ0v) is 12.9. The quantitative estimate of drug-likeness (QED) is 0.732. The maximum Gasteiger partial charge on any atom is 0.325 e. The minimum atomic E-state index is -0.292. The summed E-state index contributed by atoms with van der Waals surface area (Å²) in [6, 6.07) is 19.2. The van der Waals surface area contributed by atoms with Crippen molar-refractivity contribution in [3.63, 3.8) is 0 Å². The maximum atomic E-state index is 12.0. The first-order chi connectivity index (χ1) is 10.7. The number of benzene rings is 1. The average molecular weight is 309 g/mol. The fourth-order valence-corrected chi connectivity index (χ4v) is 2.94. The summed E-state index contributed by atoms with van der Waals surface area (Å²) in [5.74, 6) is 0.539. The van der Waals surface area contributed by atoms with Crippen LogP contribution in [0.3, 0.4) is 0 Å². The molecule has 0 radical (unpaired) electrons. The number of pyridine rings is 1. The lowest BCUT2D eigenvalue weighted by Gasteiger charge is -2.05. The van der Waals surface area contributed by atoms with Crippen LogP contribution in [0.5, 0.6) is 0 Å². The Labute approximate surface area is 132 Å². The Bertz CT molecular complexity index is 783. The van der Waals surface area contributed by atoms with Gasteiger partial charge < -0.3 is 0 Å². The molecule has 3 rings (SSSR count). The smallest absolute Gasteiger partial charge is 0.299 e. The van der Waals surface area contributed by atoms with Crippen molar-refractivity contribution in [2.24, 2.45) is 0 Å². The molecule has 0 aliphatic heterocycles. The van der Waals surface area contributed by atoms with Crippen molar-refractivity contribution in [3.05, 3.63) is 66.4 Å². The number of thiophene rings is 1. The molecule has 0 aliphatic carbocycles. The molecule has 0 aliphatic rings. The highest BCUT2D eigenvalue weighted by atomic mass is 32.1. The monoisotopic (exact) mass is 309 g/mol. The minimum absolute atomic E-state index is 0.292. The van der Waals surface area contributed by atoms with Crippen LogP contribution in [0.25, 0.3) is 10.4 Å². The first-order valence-corrected chi connectivity index (χ1v) is 7.69. The van der Waals surface area contributed by atoms with Crippen molar-refractivity contribution >= 4 is 28.2 Å². The highest BCUT2D eigenvalue weighted by Crippen LogP contribution is 2.31. The van der Waals surface area contributed by atoms with E-state index in [-0.39, 0.29) is 6.03 Å². The molecule has 2 amide bonds. The van der Waals surface area contributed by atoms with Gasteiger partial charge >= 0.3 is 6.03 Å². The zero-order chi connectivity index (χ0) is 15.4. The molecule has 0 saturated carbocycles. The van der Waals surface area contributed by atoms with E-state index in [0.29, 0.717) is 5.82 Å². The number of nitrogens with zero attached hydrogens (tertiary/aromatic N) is 1. The molecule has 2 aromatic heterocycles. The first kappa shape index (κ1) is 14.3. The van der Waals surface area contributed by atoms with Gasteiger partial charge in [0.15, 0.2) is 0 Å². The van der Waals surface area contributed by atoms with E-state index >= 15 is 0 Å². The molecule has 0 atom stereocenters. The number of hydrogen-bond donors (Lipinski definition) is 2. The summed E-state index contributed by atoms with van der Waals surface area (Å²) in [6.07, 6.45) is 0. The van der Waals surface area contributed by atoms with E-state index in [1.807, 2.05) is 61.5 Å². The molecule has 4 nitrogen and oxygen atoms in total. The van der Waals surface area contributed by atoms with E-state index in [1.165, 1.54) is 11.3 Å². The SMILES string of the molecule is Cc1cccc(NC(=O)Nc2ccc(-c3ccccc3)s2)n1. The van der Waals surface area contributed by atoms with Crippen molar-refractivity contribution in [2.45, 2.75) is 6.92 Å². The number of anilines is 2. The Morgan fingerprint density at radius 3 is 2.55 bits per heavy atom. The van der Waals surface area contributed by atoms with Crippen molar-refractivity contribution in [3.8, 4) is 10.4 Å². The Hall–Kier alpha value is -2.66. The van der Waals surface area contributed by atoms with Gasteiger partial charge in [0.2, 0.25) is 0 Å². The standard InChI is InChI=1S/C17H15N3OS/c1-12-6-5-9-15(18-12)19-17(21)20-16-11-10-14(22-16)13-7-3-2-4-8-13/h2-11H,1H3,(H2,18,19,20,21). The van der Waals surface area contributed by atoms with Gasteiger partial charge in [-0.05, 0) is 36.8 Å². The number of aryl methyl sites for hydroxylation is 1. The third-order valence-corrected chi connectivity index (χ3v) is 4.08. The van der Waals surface area contributed by atoms with E-state index < -0.39 is 0 Å². The molecule has 1 aromatic carbocycles. The maximum absolute atomic E-state index is 12.0. The molecule has 0 fully saturated rings. The zero-order valence-electron chi connectivity index (χ0n) is 12.0. The molecular weight excluding hydrogens is 294 g/mol. The van der Waals surface area contributed by atoms with Crippen LogP contribution in [0, 0.1) is 6.92 Å². The second kappa shape index (κ2) is 6.41. The molecule has 22 heavy (non-hydrogen) atoms. The molecule has 3 aromatic rings. The van der Waals surface area contributed by atoms with E-state index in [9.17, 15) is 4.79 Å². The second-order valence-electron chi connectivity index (χ2n) is 4.77. The van der Waals surface area contributed by atoms with Gasteiger partial charge in [0, 0.05) is 10.6 Å². The van der Waals surface area contributed by atoms with Crippen LogP contribution in [0.15, 0.2) is 60.7 Å². The van der Waals surface area contributed by atoms with Crippen LogP contribution in [-0.4, -0.2) is 11.0 Å². The van der Waals surface area contributed by atoms with Gasteiger partial charge in [-0.2, -0.15) is 0 Å². The first-order valence-electron chi connectivity index (χ1n) is 6.87. The van der Waals surface area contributed by atoms with Gasteiger partial charge in [-0.15, -0.1) is 11.3 Å². The number of rotatable bonds is 3. The van der Waals surface area contributed by atoms with Crippen LogP contribution in [0.4, 0.5) is 15.6 Å². The predicted molar refractivity (Wildman–Crippen MR) is 91.4 cm³/mol. The van der Waals surface area contributed by atoms with Crippen LogP contribution in [0.1, 0.15) is 5.69 Å². The van der Waals surface area contributed by atoms with E-state index in [1.54, 1.807) is 6.07 Å². The topological polar surface area (TPSA) is 54.0 Å². The summed E-state index contributed by atoms with van der Waals surface area (Å²) in [6.45, 7) is 1.88. The number of nitrogens with one attached hydrogen (secondary N) is 2. The minimum Gasteiger partial charge on any atom is -0.299 e. The molecule has 2 N–H and O–H groups in total. The van der Waals surface area contributed by atoms with Crippen LogP contribution in [-0.2, 0) is 0 Å². The van der Waals surface area contributed by atoms with E-state index in [0.717, 1.165) is 21.1 Å². The van der Waals surface area contributed by atoms with Gasteiger partial charge in [0.25, 0.3) is 0 Å². The summed E-state index contributed by atoms with van der Waals surface area (Å²) in [5, 5.41) is 6.35. The van der Waals surface area contributed by atoms with Crippen LogP contribution >= 0.6 is 11.3 Å². The van der Waals surface area contributed by atoms with Crippen molar-refractivity contribution in [2.75, 3.05) is 10.6 Å². The third-order valence-electron chi connectivity index (χ3n) is 3.03. The van der Waals surface area contributed by atoms with Gasteiger partial charge in [-0.25, -0.2) is 9.78 Å².